The van der Waals surface area contributed by atoms with Crippen molar-refractivity contribution in [2.45, 2.75) is 64.0 Å². The highest BCUT2D eigenvalue weighted by atomic mass is 16.1. The lowest BCUT2D eigenvalue weighted by Crippen LogP contribution is -2.38. The lowest BCUT2D eigenvalue weighted by Gasteiger charge is -2.28. The molecule has 2 atom stereocenters. The molecule has 1 N–H and O–H groups in total. The maximum Gasteiger partial charge on any atom is 0.163 e. The van der Waals surface area contributed by atoms with Gasteiger partial charge in [-0.1, -0.05) is 38.1 Å². The summed E-state index contributed by atoms with van der Waals surface area (Å²) in [6.45, 7) is 4.36. The van der Waals surface area contributed by atoms with Gasteiger partial charge in [0.1, 0.15) is 0 Å². The van der Waals surface area contributed by atoms with Crippen LogP contribution in [0.1, 0.15) is 67.8 Å². The molecule has 1 aromatic carbocycles. The van der Waals surface area contributed by atoms with Crippen LogP contribution in [0.3, 0.4) is 0 Å². The van der Waals surface area contributed by atoms with Crippen LogP contribution in [0.2, 0.25) is 0 Å². The zero-order chi connectivity index (χ0) is 14.1. The van der Waals surface area contributed by atoms with E-state index in [1.165, 1.54) is 31.2 Å². The number of hydrogen-bond donors (Lipinski definition) is 1. The molecule has 20 heavy (non-hydrogen) atoms. The first-order chi connectivity index (χ1) is 9.61. The maximum atomic E-state index is 12.4. The standard InChI is InChI=1S/C18H25NO/c1-12(2)14-3-5-15(6-4-14)18(20)11-13-9-16-7-8-17(10-13)19-16/h3-6,12-13,16-17,19H,7-11H2,1-2H3. The van der Waals surface area contributed by atoms with Gasteiger partial charge in [0, 0.05) is 24.1 Å². The van der Waals surface area contributed by atoms with Gasteiger partial charge in [0.25, 0.3) is 0 Å². The monoisotopic (exact) mass is 271 g/mol. The maximum absolute atomic E-state index is 12.4. The summed E-state index contributed by atoms with van der Waals surface area (Å²) in [6.07, 6.45) is 5.71. The van der Waals surface area contributed by atoms with Crippen LogP contribution in [0.15, 0.2) is 24.3 Å². The van der Waals surface area contributed by atoms with Gasteiger partial charge < -0.3 is 5.32 Å². The van der Waals surface area contributed by atoms with Crippen molar-refractivity contribution in [2.24, 2.45) is 5.92 Å². The molecule has 0 radical (unpaired) electrons. The van der Waals surface area contributed by atoms with Gasteiger partial charge >= 0.3 is 0 Å². The quantitative estimate of drug-likeness (QED) is 0.841. The fourth-order valence-corrected chi connectivity index (χ4v) is 3.78. The average molecular weight is 271 g/mol. The fourth-order valence-electron chi connectivity index (χ4n) is 3.78. The molecule has 3 rings (SSSR count). The average Bonchev–Trinajstić information content (AvgIpc) is 2.78. The van der Waals surface area contributed by atoms with Crippen LogP contribution in [-0.4, -0.2) is 17.9 Å². The van der Waals surface area contributed by atoms with E-state index in [0.717, 1.165) is 12.0 Å². The van der Waals surface area contributed by atoms with Gasteiger partial charge in [-0.2, -0.15) is 0 Å². The molecule has 0 aliphatic carbocycles. The molecule has 2 heteroatoms. The Balaban J connectivity index is 1.61. The molecule has 2 heterocycles. The summed E-state index contributed by atoms with van der Waals surface area (Å²) in [7, 11) is 0. The van der Waals surface area contributed by atoms with Crippen molar-refractivity contribution >= 4 is 5.78 Å². The first-order valence-corrected chi connectivity index (χ1v) is 8.01. The summed E-state index contributed by atoms with van der Waals surface area (Å²) in [5, 5.41) is 3.64. The van der Waals surface area contributed by atoms with Crippen molar-refractivity contribution in [3.05, 3.63) is 35.4 Å². The third kappa shape index (κ3) is 2.95. The minimum atomic E-state index is 0.326. The van der Waals surface area contributed by atoms with Gasteiger partial charge in [0.15, 0.2) is 5.78 Å². The van der Waals surface area contributed by atoms with E-state index < -0.39 is 0 Å². The van der Waals surface area contributed by atoms with E-state index in [9.17, 15) is 4.79 Å². The lowest BCUT2D eigenvalue weighted by atomic mass is 9.86. The van der Waals surface area contributed by atoms with Gasteiger partial charge in [0.05, 0.1) is 0 Å². The summed E-state index contributed by atoms with van der Waals surface area (Å²) < 4.78 is 0. The van der Waals surface area contributed by atoms with E-state index in [2.05, 4.69) is 31.3 Å². The van der Waals surface area contributed by atoms with Crippen molar-refractivity contribution in [2.75, 3.05) is 0 Å². The smallest absolute Gasteiger partial charge is 0.163 e. The zero-order valence-electron chi connectivity index (χ0n) is 12.6. The molecule has 2 nitrogen and oxygen atoms in total. The first kappa shape index (κ1) is 13.8. The summed E-state index contributed by atoms with van der Waals surface area (Å²) >= 11 is 0. The van der Waals surface area contributed by atoms with Crippen LogP contribution in [0.5, 0.6) is 0 Å². The first-order valence-electron chi connectivity index (χ1n) is 8.01. The molecule has 2 aliphatic rings. The van der Waals surface area contributed by atoms with E-state index in [1.807, 2.05) is 12.1 Å². The third-order valence-electron chi connectivity index (χ3n) is 4.94. The van der Waals surface area contributed by atoms with E-state index in [1.54, 1.807) is 0 Å². The Hall–Kier alpha value is -1.15. The van der Waals surface area contributed by atoms with Crippen molar-refractivity contribution in [1.82, 2.24) is 5.32 Å². The Morgan fingerprint density at radius 2 is 1.75 bits per heavy atom. The predicted octanol–water partition coefficient (Wildman–Crippen LogP) is 3.91. The number of ketones is 1. The second kappa shape index (κ2) is 5.69. The summed E-state index contributed by atoms with van der Waals surface area (Å²) in [6, 6.07) is 9.57. The van der Waals surface area contributed by atoms with Crippen LogP contribution in [0, 0.1) is 5.92 Å². The molecule has 2 saturated heterocycles. The van der Waals surface area contributed by atoms with Gasteiger partial charge in [-0.25, -0.2) is 0 Å². The number of rotatable bonds is 4. The molecule has 2 unspecified atom stereocenters. The Bertz CT molecular complexity index is 465. The van der Waals surface area contributed by atoms with E-state index in [0.29, 0.717) is 29.7 Å². The number of benzene rings is 1. The van der Waals surface area contributed by atoms with Crippen LogP contribution in [0.4, 0.5) is 0 Å². The number of Topliss-reactive ketones (excluding diaryl/α,β-unsaturated/α-hetero) is 1. The van der Waals surface area contributed by atoms with E-state index >= 15 is 0 Å². The number of fused-ring (bicyclic) bond motifs is 2. The minimum Gasteiger partial charge on any atom is -0.311 e. The van der Waals surface area contributed by atoms with Crippen molar-refractivity contribution in [3.63, 3.8) is 0 Å². The minimum absolute atomic E-state index is 0.326. The molecule has 2 bridgehead atoms. The van der Waals surface area contributed by atoms with Gasteiger partial charge in [-0.15, -0.1) is 0 Å². The highest BCUT2D eigenvalue weighted by Crippen LogP contribution is 2.33. The van der Waals surface area contributed by atoms with Gasteiger partial charge in [-0.3, -0.25) is 4.79 Å². The molecule has 0 spiro atoms. The molecule has 0 amide bonds. The number of hydrogen-bond acceptors (Lipinski definition) is 2. The number of carbonyl (C=O) groups is 1. The largest absolute Gasteiger partial charge is 0.311 e. The zero-order valence-corrected chi connectivity index (χ0v) is 12.6. The Morgan fingerprint density at radius 1 is 1.15 bits per heavy atom. The number of carbonyl (C=O) groups excluding carboxylic acids is 1. The van der Waals surface area contributed by atoms with Crippen molar-refractivity contribution < 1.29 is 4.79 Å². The van der Waals surface area contributed by atoms with Gasteiger partial charge in [0.2, 0.25) is 0 Å². The van der Waals surface area contributed by atoms with Crippen LogP contribution in [0.25, 0.3) is 0 Å². The highest BCUT2D eigenvalue weighted by Gasteiger charge is 2.34. The number of piperidine rings is 1. The summed E-state index contributed by atoms with van der Waals surface area (Å²) in [5.41, 5.74) is 2.20. The van der Waals surface area contributed by atoms with Crippen molar-refractivity contribution in [1.29, 1.82) is 0 Å². The SMILES string of the molecule is CC(C)c1ccc(C(=O)CC2CC3CCC(C2)N3)cc1. The Morgan fingerprint density at radius 3 is 2.30 bits per heavy atom. The van der Waals surface area contributed by atoms with Crippen LogP contribution in [-0.2, 0) is 0 Å². The Kier molecular flexibility index (Phi) is 3.93. The lowest BCUT2D eigenvalue weighted by molar-refractivity contribution is 0.0945. The fraction of sp³-hybridized carbons (Fsp3) is 0.611. The normalized spacial score (nSPS) is 28.9. The molecular formula is C18H25NO. The van der Waals surface area contributed by atoms with Crippen molar-refractivity contribution in [3.8, 4) is 0 Å². The summed E-state index contributed by atoms with van der Waals surface area (Å²) in [4.78, 5) is 12.4. The molecular weight excluding hydrogens is 246 g/mol. The van der Waals surface area contributed by atoms with Crippen LogP contribution < -0.4 is 5.32 Å². The highest BCUT2D eigenvalue weighted by molar-refractivity contribution is 5.96. The molecule has 2 aliphatic heterocycles. The molecule has 2 fully saturated rings. The summed E-state index contributed by atoms with van der Waals surface area (Å²) in [5.74, 6) is 1.44. The van der Waals surface area contributed by atoms with Crippen LogP contribution >= 0.6 is 0 Å². The van der Waals surface area contributed by atoms with E-state index in [4.69, 9.17) is 0 Å². The second-order valence-electron chi connectivity index (χ2n) is 6.88. The molecule has 1 aromatic rings. The molecule has 0 saturated carbocycles. The topological polar surface area (TPSA) is 29.1 Å². The number of nitrogens with one attached hydrogen (secondary N) is 1. The predicted molar refractivity (Wildman–Crippen MR) is 82.1 cm³/mol. The third-order valence-corrected chi connectivity index (χ3v) is 4.94. The van der Waals surface area contributed by atoms with E-state index in [-0.39, 0.29) is 0 Å². The molecule has 0 aromatic heterocycles. The Labute approximate surface area is 122 Å². The second-order valence-corrected chi connectivity index (χ2v) is 6.88. The van der Waals surface area contributed by atoms with Gasteiger partial charge in [-0.05, 0) is 43.1 Å². The molecule has 108 valence electrons.